The van der Waals surface area contributed by atoms with Crippen LogP contribution < -0.4 is 10.1 Å². The van der Waals surface area contributed by atoms with E-state index >= 15 is 0 Å². The highest BCUT2D eigenvalue weighted by molar-refractivity contribution is 6.35. The molecule has 0 unspecified atom stereocenters. The second-order valence-corrected chi connectivity index (χ2v) is 5.41. The van der Waals surface area contributed by atoms with E-state index in [1.165, 1.54) is 12.1 Å². The summed E-state index contributed by atoms with van der Waals surface area (Å²) in [6, 6.07) is 11.5. The average molecular weight is 328 g/mol. The maximum atomic E-state index is 12.7. The number of hydrogen-bond donors (Lipinski definition) is 1. The minimum Gasteiger partial charge on any atom is -0.492 e. The molecule has 0 aromatic heterocycles. The molecule has 2 rings (SSSR count). The lowest BCUT2D eigenvalue weighted by molar-refractivity contribution is 0.308. The summed E-state index contributed by atoms with van der Waals surface area (Å²) >= 11 is 11.8. The molecule has 0 atom stereocenters. The minimum absolute atomic E-state index is 0.228. The zero-order chi connectivity index (χ0) is 15.1. The Labute approximate surface area is 133 Å². The molecule has 2 nitrogen and oxygen atoms in total. The number of anilines is 1. The Bertz CT molecular complexity index is 575. The fraction of sp³-hybridized carbons (Fsp3) is 0.250. The van der Waals surface area contributed by atoms with E-state index in [-0.39, 0.29) is 5.82 Å². The van der Waals surface area contributed by atoms with Crippen molar-refractivity contribution in [3.8, 4) is 5.75 Å². The first kappa shape index (κ1) is 15.9. The van der Waals surface area contributed by atoms with Crippen LogP contribution in [0.3, 0.4) is 0 Å². The summed E-state index contributed by atoms with van der Waals surface area (Å²) in [4.78, 5) is 0. The maximum absolute atomic E-state index is 12.7. The zero-order valence-electron chi connectivity index (χ0n) is 11.4. The lowest BCUT2D eigenvalue weighted by Crippen LogP contribution is -2.05. The summed E-state index contributed by atoms with van der Waals surface area (Å²) < 4.78 is 18.3. The molecule has 0 aliphatic carbocycles. The van der Waals surface area contributed by atoms with Crippen LogP contribution in [0.25, 0.3) is 0 Å². The van der Waals surface area contributed by atoms with Crippen molar-refractivity contribution in [1.29, 1.82) is 0 Å². The summed E-state index contributed by atoms with van der Waals surface area (Å²) in [6.07, 6.45) is 1.84. The largest absolute Gasteiger partial charge is 0.492 e. The van der Waals surface area contributed by atoms with Crippen molar-refractivity contribution in [2.45, 2.75) is 12.8 Å². The Morgan fingerprint density at radius 3 is 2.48 bits per heavy atom. The van der Waals surface area contributed by atoms with E-state index in [2.05, 4.69) is 5.32 Å². The first-order valence-electron chi connectivity index (χ1n) is 6.72. The smallest absolute Gasteiger partial charge is 0.137 e. The summed E-state index contributed by atoms with van der Waals surface area (Å²) in [5.74, 6) is 0.418. The minimum atomic E-state index is -0.228. The van der Waals surface area contributed by atoms with E-state index in [9.17, 15) is 4.39 Å². The van der Waals surface area contributed by atoms with Crippen molar-refractivity contribution in [3.05, 3.63) is 58.3 Å². The summed E-state index contributed by atoms with van der Waals surface area (Å²) in [6.45, 7) is 1.40. The molecule has 0 saturated carbocycles. The molecule has 5 heteroatoms. The van der Waals surface area contributed by atoms with Gasteiger partial charge in [0.05, 0.1) is 11.6 Å². The molecular formula is C16H16Cl2FNO. The van der Waals surface area contributed by atoms with Crippen molar-refractivity contribution in [3.63, 3.8) is 0 Å². The fourth-order valence-corrected chi connectivity index (χ4v) is 2.26. The average Bonchev–Trinajstić information content (AvgIpc) is 2.46. The van der Waals surface area contributed by atoms with Gasteiger partial charge in [0.1, 0.15) is 11.6 Å². The standard InChI is InChI=1S/C16H16Cl2FNO/c17-12-3-8-16(15(18)11-12)21-10-2-1-9-20-14-6-4-13(19)5-7-14/h3-8,11,20H,1-2,9-10H2. The molecule has 2 aromatic carbocycles. The Balaban J connectivity index is 1.63. The van der Waals surface area contributed by atoms with E-state index in [4.69, 9.17) is 27.9 Å². The second-order valence-electron chi connectivity index (χ2n) is 4.56. The predicted molar refractivity (Wildman–Crippen MR) is 86.1 cm³/mol. The highest BCUT2D eigenvalue weighted by Crippen LogP contribution is 2.27. The summed E-state index contributed by atoms with van der Waals surface area (Å²) in [7, 11) is 0. The third-order valence-electron chi connectivity index (χ3n) is 2.90. The molecular weight excluding hydrogens is 312 g/mol. The van der Waals surface area contributed by atoms with Crippen LogP contribution in [-0.2, 0) is 0 Å². The van der Waals surface area contributed by atoms with Gasteiger partial charge in [-0.3, -0.25) is 0 Å². The van der Waals surface area contributed by atoms with Crippen LogP contribution in [0.1, 0.15) is 12.8 Å². The predicted octanol–water partition coefficient (Wildman–Crippen LogP) is 5.40. The Morgan fingerprint density at radius 1 is 1.00 bits per heavy atom. The van der Waals surface area contributed by atoms with Crippen LogP contribution in [0.4, 0.5) is 10.1 Å². The van der Waals surface area contributed by atoms with Gasteiger partial charge in [0.2, 0.25) is 0 Å². The molecule has 0 aliphatic heterocycles. The van der Waals surface area contributed by atoms with E-state index < -0.39 is 0 Å². The SMILES string of the molecule is Fc1ccc(NCCCCOc2ccc(Cl)cc2Cl)cc1. The topological polar surface area (TPSA) is 21.3 Å². The number of benzene rings is 2. The van der Waals surface area contributed by atoms with E-state index in [1.807, 2.05) is 0 Å². The molecule has 0 radical (unpaired) electrons. The number of rotatable bonds is 7. The third-order valence-corrected chi connectivity index (χ3v) is 3.43. The van der Waals surface area contributed by atoms with Crippen molar-refractivity contribution in [2.24, 2.45) is 0 Å². The molecule has 1 N–H and O–H groups in total. The molecule has 0 fully saturated rings. The fourth-order valence-electron chi connectivity index (χ4n) is 1.80. The van der Waals surface area contributed by atoms with Gasteiger partial charge in [-0.15, -0.1) is 0 Å². The monoisotopic (exact) mass is 327 g/mol. The molecule has 21 heavy (non-hydrogen) atoms. The van der Waals surface area contributed by atoms with Crippen molar-refractivity contribution in [2.75, 3.05) is 18.5 Å². The number of unbranched alkanes of at least 4 members (excludes halogenated alkanes) is 1. The van der Waals surface area contributed by atoms with Crippen LogP contribution in [0.15, 0.2) is 42.5 Å². The maximum Gasteiger partial charge on any atom is 0.137 e. The van der Waals surface area contributed by atoms with Crippen molar-refractivity contribution < 1.29 is 9.13 Å². The molecule has 2 aromatic rings. The van der Waals surface area contributed by atoms with Gasteiger partial charge in [0.25, 0.3) is 0 Å². The van der Waals surface area contributed by atoms with Crippen LogP contribution in [0.5, 0.6) is 5.75 Å². The number of ether oxygens (including phenoxy) is 1. The lowest BCUT2D eigenvalue weighted by atomic mass is 10.3. The van der Waals surface area contributed by atoms with E-state index in [1.54, 1.807) is 30.3 Å². The number of halogens is 3. The van der Waals surface area contributed by atoms with Gasteiger partial charge in [0.15, 0.2) is 0 Å². The van der Waals surface area contributed by atoms with Gasteiger partial charge in [-0.25, -0.2) is 4.39 Å². The van der Waals surface area contributed by atoms with Crippen molar-refractivity contribution in [1.82, 2.24) is 0 Å². The van der Waals surface area contributed by atoms with Crippen LogP contribution in [0, 0.1) is 5.82 Å². The van der Waals surface area contributed by atoms with Crippen LogP contribution in [-0.4, -0.2) is 13.2 Å². The lowest BCUT2D eigenvalue weighted by Gasteiger charge is -2.09. The van der Waals surface area contributed by atoms with Gasteiger partial charge in [-0.1, -0.05) is 23.2 Å². The number of nitrogens with one attached hydrogen (secondary N) is 1. The molecule has 0 heterocycles. The Kier molecular flexibility index (Phi) is 6.15. The van der Waals surface area contributed by atoms with Gasteiger partial charge in [-0.2, -0.15) is 0 Å². The van der Waals surface area contributed by atoms with Crippen LogP contribution >= 0.6 is 23.2 Å². The van der Waals surface area contributed by atoms with Gasteiger partial charge < -0.3 is 10.1 Å². The first-order valence-corrected chi connectivity index (χ1v) is 7.48. The van der Waals surface area contributed by atoms with Crippen LogP contribution in [0.2, 0.25) is 10.0 Å². The third kappa shape index (κ3) is 5.44. The van der Waals surface area contributed by atoms with Crippen molar-refractivity contribution >= 4 is 28.9 Å². The highest BCUT2D eigenvalue weighted by Gasteiger charge is 2.01. The molecule has 0 spiro atoms. The van der Waals surface area contributed by atoms with Gasteiger partial charge in [-0.05, 0) is 55.3 Å². The molecule has 0 amide bonds. The van der Waals surface area contributed by atoms with Gasteiger partial charge in [0, 0.05) is 17.3 Å². The van der Waals surface area contributed by atoms with Gasteiger partial charge >= 0.3 is 0 Å². The quantitative estimate of drug-likeness (QED) is 0.687. The molecule has 0 saturated heterocycles. The Morgan fingerprint density at radius 2 is 1.76 bits per heavy atom. The second kappa shape index (κ2) is 8.11. The molecule has 112 valence electrons. The molecule has 0 bridgehead atoms. The zero-order valence-corrected chi connectivity index (χ0v) is 12.9. The van der Waals surface area contributed by atoms with E-state index in [0.717, 1.165) is 25.1 Å². The Hall–Kier alpha value is -1.45. The highest BCUT2D eigenvalue weighted by atomic mass is 35.5. The summed E-state index contributed by atoms with van der Waals surface area (Å²) in [5, 5.41) is 4.34. The molecule has 0 aliphatic rings. The normalized spacial score (nSPS) is 10.4. The van der Waals surface area contributed by atoms with E-state index in [0.29, 0.717) is 22.4 Å². The summed E-state index contributed by atoms with van der Waals surface area (Å²) in [5.41, 5.74) is 0.915. The first-order chi connectivity index (χ1) is 10.1. The number of hydrogen-bond acceptors (Lipinski definition) is 2.